The molecule has 2 aliphatic heterocycles. The molecule has 0 unspecified atom stereocenters. The van der Waals surface area contributed by atoms with E-state index < -0.39 is 12.2 Å². The molecule has 2 aliphatic rings. The minimum Gasteiger partial charge on any atom is -0.506 e. The Kier molecular flexibility index (Phi) is 13.2. The Hall–Kier alpha value is -5.69. The molecule has 7 rings (SSSR count). The summed E-state index contributed by atoms with van der Waals surface area (Å²) < 4.78 is 5.82. The summed E-state index contributed by atoms with van der Waals surface area (Å²) in [6.45, 7) is 5.25. The lowest BCUT2D eigenvalue weighted by Gasteiger charge is -2.35. The van der Waals surface area contributed by atoms with Crippen LogP contribution in [0, 0.1) is 5.92 Å². The Morgan fingerprint density at radius 2 is 1.56 bits per heavy atom. The first-order valence-electron chi connectivity index (χ1n) is 20.0. The lowest BCUT2D eigenvalue weighted by Crippen LogP contribution is -2.42. The standard InChI is InChI=1S/C45H52N6O6/c52-40-16-14-37(38-15-17-42(54)49-43(38)40)41(53)30-46-24-18-31-10-12-34(13-11-31)47-44(55)51-28-20-32(21-29-51)19-25-50-26-22-35(23-27-50)57-45(56)48-39-9-5-4-8-36(39)33-6-2-1-3-7-33/h1-17,32,35,41,46,52-53H,18-30H2,(H,47,55)(H,48,56)(H,49,54)/t41-/m0/s1. The van der Waals surface area contributed by atoms with E-state index in [-0.39, 0.29) is 23.4 Å². The first kappa shape index (κ1) is 39.5. The van der Waals surface area contributed by atoms with Gasteiger partial charge in [-0.15, -0.1) is 0 Å². The van der Waals surface area contributed by atoms with Gasteiger partial charge < -0.3 is 40.4 Å². The molecule has 298 valence electrons. The molecular weight excluding hydrogens is 721 g/mol. The highest BCUT2D eigenvalue weighted by atomic mass is 16.6. The normalized spacial score (nSPS) is 16.0. The minimum absolute atomic E-state index is 0.0370. The maximum absolute atomic E-state index is 13.1. The van der Waals surface area contributed by atoms with E-state index in [0.29, 0.717) is 35.5 Å². The van der Waals surface area contributed by atoms with Crippen molar-refractivity contribution in [2.75, 3.05) is 56.4 Å². The molecule has 3 heterocycles. The number of benzene rings is 4. The molecular formula is C45H52N6O6. The van der Waals surface area contributed by atoms with Crippen LogP contribution in [-0.2, 0) is 11.2 Å². The molecule has 3 amide bonds. The summed E-state index contributed by atoms with van der Waals surface area (Å²) in [7, 11) is 0. The molecule has 1 aromatic heterocycles. The van der Waals surface area contributed by atoms with Crippen molar-refractivity contribution in [1.82, 2.24) is 20.1 Å². The number of fused-ring (bicyclic) bond motifs is 1. The molecule has 0 aliphatic carbocycles. The lowest BCUT2D eigenvalue weighted by atomic mass is 9.93. The number of likely N-dealkylation sites (tertiary alicyclic amines) is 2. The molecule has 0 spiro atoms. The summed E-state index contributed by atoms with van der Waals surface area (Å²) >= 11 is 0. The van der Waals surface area contributed by atoms with Crippen LogP contribution in [0.15, 0.2) is 108 Å². The Balaban J connectivity index is 0.760. The van der Waals surface area contributed by atoms with Gasteiger partial charge >= 0.3 is 12.1 Å². The number of aromatic amines is 1. The summed E-state index contributed by atoms with van der Waals surface area (Å²) in [5.74, 6) is 0.545. The van der Waals surface area contributed by atoms with Crippen LogP contribution in [0.1, 0.15) is 49.3 Å². The topological polar surface area (TPSA) is 159 Å². The van der Waals surface area contributed by atoms with Gasteiger partial charge in [0.05, 0.1) is 17.3 Å². The van der Waals surface area contributed by atoms with Gasteiger partial charge in [-0.3, -0.25) is 10.1 Å². The number of carbonyl (C=O) groups excluding carboxylic acids is 2. The third-order valence-electron chi connectivity index (χ3n) is 11.2. The highest BCUT2D eigenvalue weighted by Crippen LogP contribution is 2.30. The number of carbonyl (C=O) groups is 2. The maximum atomic E-state index is 13.1. The van der Waals surface area contributed by atoms with Gasteiger partial charge in [0.1, 0.15) is 11.9 Å². The summed E-state index contributed by atoms with van der Waals surface area (Å²) in [5, 5.41) is 30.8. The van der Waals surface area contributed by atoms with E-state index in [9.17, 15) is 24.6 Å². The van der Waals surface area contributed by atoms with Crippen molar-refractivity contribution in [2.24, 2.45) is 5.92 Å². The number of para-hydroxylation sites is 1. The van der Waals surface area contributed by atoms with E-state index >= 15 is 0 Å². The van der Waals surface area contributed by atoms with Crippen molar-refractivity contribution in [3.63, 3.8) is 0 Å². The first-order valence-corrected chi connectivity index (χ1v) is 20.0. The molecule has 6 N–H and O–H groups in total. The number of H-pyrrole nitrogens is 1. The second-order valence-electron chi connectivity index (χ2n) is 15.1. The van der Waals surface area contributed by atoms with Gasteiger partial charge in [0.15, 0.2) is 0 Å². The number of aliphatic hydroxyl groups is 1. The highest BCUT2D eigenvalue weighted by Gasteiger charge is 2.26. The maximum Gasteiger partial charge on any atom is 0.411 e. The van der Waals surface area contributed by atoms with Crippen LogP contribution in [0.5, 0.6) is 5.75 Å². The van der Waals surface area contributed by atoms with Crippen molar-refractivity contribution in [3.8, 4) is 16.9 Å². The number of phenols is 1. The number of aliphatic hydroxyl groups excluding tert-OH is 1. The van der Waals surface area contributed by atoms with Crippen molar-refractivity contribution in [3.05, 3.63) is 125 Å². The average Bonchev–Trinajstić information content (AvgIpc) is 3.23. The van der Waals surface area contributed by atoms with Crippen molar-refractivity contribution < 1.29 is 24.5 Å². The Morgan fingerprint density at radius 1 is 0.825 bits per heavy atom. The van der Waals surface area contributed by atoms with E-state index in [4.69, 9.17) is 4.74 Å². The van der Waals surface area contributed by atoms with Gasteiger partial charge in [-0.05, 0) is 105 Å². The number of anilines is 2. The van der Waals surface area contributed by atoms with E-state index in [0.717, 1.165) is 99.3 Å². The molecule has 12 heteroatoms. The highest BCUT2D eigenvalue weighted by molar-refractivity contribution is 5.92. The van der Waals surface area contributed by atoms with Crippen LogP contribution in [0.4, 0.5) is 21.0 Å². The zero-order valence-corrected chi connectivity index (χ0v) is 32.2. The predicted molar refractivity (Wildman–Crippen MR) is 224 cm³/mol. The van der Waals surface area contributed by atoms with Crippen LogP contribution in [-0.4, -0.2) is 89.0 Å². The molecule has 4 aromatic carbocycles. The minimum atomic E-state index is -0.816. The zero-order valence-electron chi connectivity index (χ0n) is 32.2. The lowest BCUT2D eigenvalue weighted by molar-refractivity contribution is 0.0562. The number of aromatic hydroxyl groups is 1. The number of phenolic OH excluding ortho intramolecular Hbond substituents is 1. The van der Waals surface area contributed by atoms with Gasteiger partial charge in [-0.25, -0.2) is 9.59 Å². The van der Waals surface area contributed by atoms with Crippen LogP contribution in [0.3, 0.4) is 0 Å². The van der Waals surface area contributed by atoms with Crippen molar-refractivity contribution in [1.29, 1.82) is 0 Å². The third kappa shape index (κ3) is 10.6. The van der Waals surface area contributed by atoms with Crippen molar-refractivity contribution >= 4 is 34.4 Å². The van der Waals surface area contributed by atoms with E-state index in [1.54, 1.807) is 12.1 Å². The fourth-order valence-electron chi connectivity index (χ4n) is 7.88. The third-order valence-corrected chi connectivity index (χ3v) is 11.2. The SMILES string of the molecule is O=C(Nc1ccccc1-c1ccccc1)OC1CCN(CCC2CCN(C(=O)Nc3ccc(CCNC[C@H](O)c4ccc(O)c5[nH]c(=O)ccc45)cc3)CC2)CC1. The zero-order chi connectivity index (χ0) is 39.6. The van der Waals surface area contributed by atoms with Gasteiger partial charge in [0.2, 0.25) is 5.56 Å². The Bertz CT molecular complexity index is 2160. The van der Waals surface area contributed by atoms with E-state index in [1.807, 2.05) is 83.8 Å². The molecule has 0 bridgehead atoms. The number of urea groups is 1. The van der Waals surface area contributed by atoms with E-state index in [2.05, 4.69) is 25.8 Å². The number of aromatic nitrogens is 1. The van der Waals surface area contributed by atoms with Gasteiger partial charge in [0.25, 0.3) is 0 Å². The number of rotatable bonds is 13. The fraction of sp³-hybridized carbons (Fsp3) is 0.356. The molecule has 5 aromatic rings. The number of piperidine rings is 2. The Morgan fingerprint density at radius 3 is 2.33 bits per heavy atom. The van der Waals surface area contributed by atoms with Crippen molar-refractivity contribution in [2.45, 2.75) is 50.7 Å². The summed E-state index contributed by atoms with van der Waals surface area (Å²) in [4.78, 5) is 44.6. The smallest absolute Gasteiger partial charge is 0.411 e. The van der Waals surface area contributed by atoms with Crippen LogP contribution in [0.25, 0.3) is 22.0 Å². The number of nitrogens with zero attached hydrogens (tertiary/aromatic N) is 2. The second kappa shape index (κ2) is 19.0. The summed E-state index contributed by atoms with van der Waals surface area (Å²) in [6.07, 6.45) is 4.13. The molecule has 0 radical (unpaired) electrons. The number of hydrogen-bond donors (Lipinski definition) is 6. The number of hydrogen-bond acceptors (Lipinski definition) is 8. The Labute approximate surface area is 332 Å². The van der Waals surface area contributed by atoms with Gasteiger partial charge in [-0.2, -0.15) is 0 Å². The molecule has 0 saturated carbocycles. The number of amides is 3. The monoisotopic (exact) mass is 772 g/mol. The van der Waals surface area contributed by atoms with E-state index in [1.165, 1.54) is 12.1 Å². The molecule has 57 heavy (non-hydrogen) atoms. The van der Waals surface area contributed by atoms with Crippen LogP contribution < -0.4 is 21.5 Å². The summed E-state index contributed by atoms with van der Waals surface area (Å²) in [5.41, 5.74) is 5.23. The number of nitrogens with one attached hydrogen (secondary N) is 4. The van der Waals surface area contributed by atoms with Crippen LogP contribution >= 0.6 is 0 Å². The predicted octanol–water partition coefficient (Wildman–Crippen LogP) is 7.11. The molecule has 2 saturated heterocycles. The quantitative estimate of drug-likeness (QED) is 0.0691. The van der Waals surface area contributed by atoms with Gasteiger partial charge in [0, 0.05) is 55.4 Å². The largest absolute Gasteiger partial charge is 0.506 e. The summed E-state index contributed by atoms with van der Waals surface area (Å²) in [6, 6.07) is 31.7. The number of pyridine rings is 1. The first-order chi connectivity index (χ1) is 27.8. The number of ether oxygens (including phenoxy) is 1. The van der Waals surface area contributed by atoms with Crippen LogP contribution in [0.2, 0.25) is 0 Å². The average molecular weight is 773 g/mol. The van der Waals surface area contributed by atoms with Gasteiger partial charge in [-0.1, -0.05) is 66.7 Å². The molecule has 1 atom stereocenters. The molecule has 2 fully saturated rings. The molecule has 12 nitrogen and oxygen atoms in total. The fourth-order valence-corrected chi connectivity index (χ4v) is 7.88. The second-order valence-corrected chi connectivity index (χ2v) is 15.1.